The largest absolute Gasteiger partial charge is 0.325 e. The molecule has 0 radical (unpaired) electrons. The lowest BCUT2D eigenvalue weighted by molar-refractivity contribution is 0.208. The lowest BCUT2D eigenvalue weighted by atomic mass is 10.1. The summed E-state index contributed by atoms with van der Waals surface area (Å²) in [7, 11) is 0. The zero-order chi connectivity index (χ0) is 12.4. The molecule has 3 heteroatoms. The molecule has 17 heavy (non-hydrogen) atoms. The van der Waals surface area contributed by atoms with E-state index in [4.69, 9.17) is 0 Å². The predicted molar refractivity (Wildman–Crippen MR) is 70.4 cm³/mol. The summed E-state index contributed by atoms with van der Waals surface area (Å²) in [5.74, 6) is 0. The van der Waals surface area contributed by atoms with Gasteiger partial charge in [0, 0.05) is 24.8 Å². The van der Waals surface area contributed by atoms with Crippen LogP contribution in [0.15, 0.2) is 24.3 Å². The van der Waals surface area contributed by atoms with Gasteiger partial charge in [0.2, 0.25) is 0 Å². The number of nitrogens with zero attached hydrogens (tertiary/aromatic N) is 2. The zero-order valence-electron chi connectivity index (χ0n) is 10.8. The van der Waals surface area contributed by atoms with E-state index in [2.05, 4.69) is 13.0 Å². The smallest absolute Gasteiger partial charge is 0.324 e. The molecular weight excluding hydrogens is 212 g/mol. The van der Waals surface area contributed by atoms with Crippen LogP contribution >= 0.6 is 0 Å². The fourth-order valence-corrected chi connectivity index (χ4v) is 2.50. The standard InChI is InChI=1S/C14H20N2O/c1-4-15(5-2)14(17)16-11(3)10-12-8-6-7-9-13(12)16/h6-9,11H,4-5,10H2,1-3H3/t11-/m0/s1. The highest BCUT2D eigenvalue weighted by molar-refractivity contribution is 5.94. The van der Waals surface area contributed by atoms with E-state index in [9.17, 15) is 4.79 Å². The first kappa shape index (κ1) is 12.0. The van der Waals surface area contributed by atoms with Gasteiger partial charge in [0.15, 0.2) is 0 Å². The van der Waals surface area contributed by atoms with Crippen LogP contribution in [0.4, 0.5) is 10.5 Å². The number of para-hydroxylation sites is 1. The molecule has 0 N–H and O–H groups in total. The van der Waals surface area contributed by atoms with Crippen molar-refractivity contribution in [2.24, 2.45) is 0 Å². The molecule has 0 saturated carbocycles. The van der Waals surface area contributed by atoms with Crippen LogP contribution in [0.1, 0.15) is 26.3 Å². The summed E-state index contributed by atoms with van der Waals surface area (Å²) in [5.41, 5.74) is 2.36. The minimum absolute atomic E-state index is 0.132. The Bertz CT molecular complexity index is 412. The van der Waals surface area contributed by atoms with Crippen molar-refractivity contribution in [3.63, 3.8) is 0 Å². The van der Waals surface area contributed by atoms with E-state index in [0.29, 0.717) is 0 Å². The molecule has 0 saturated heterocycles. The maximum absolute atomic E-state index is 12.4. The number of hydrogen-bond acceptors (Lipinski definition) is 1. The number of benzene rings is 1. The Hall–Kier alpha value is -1.51. The van der Waals surface area contributed by atoms with Gasteiger partial charge in [-0.05, 0) is 38.8 Å². The van der Waals surface area contributed by atoms with E-state index >= 15 is 0 Å². The van der Waals surface area contributed by atoms with Crippen LogP contribution in [0.3, 0.4) is 0 Å². The highest BCUT2D eigenvalue weighted by Crippen LogP contribution is 2.32. The number of amides is 2. The first-order chi connectivity index (χ1) is 8.19. The van der Waals surface area contributed by atoms with Gasteiger partial charge in [-0.2, -0.15) is 0 Å². The van der Waals surface area contributed by atoms with Crippen molar-refractivity contribution in [2.45, 2.75) is 33.2 Å². The molecule has 0 spiro atoms. The van der Waals surface area contributed by atoms with Gasteiger partial charge in [0.1, 0.15) is 0 Å². The number of fused-ring (bicyclic) bond motifs is 1. The number of rotatable bonds is 2. The third kappa shape index (κ3) is 2.02. The van der Waals surface area contributed by atoms with Gasteiger partial charge in [-0.25, -0.2) is 4.79 Å². The second kappa shape index (κ2) is 4.78. The fraction of sp³-hybridized carbons (Fsp3) is 0.500. The van der Waals surface area contributed by atoms with Crippen LogP contribution in [-0.4, -0.2) is 30.1 Å². The van der Waals surface area contributed by atoms with Crippen molar-refractivity contribution >= 4 is 11.7 Å². The third-order valence-corrected chi connectivity index (χ3v) is 3.45. The zero-order valence-corrected chi connectivity index (χ0v) is 10.8. The normalized spacial score (nSPS) is 18.1. The van der Waals surface area contributed by atoms with Gasteiger partial charge >= 0.3 is 6.03 Å². The van der Waals surface area contributed by atoms with Crippen LogP contribution in [0.25, 0.3) is 0 Å². The maximum Gasteiger partial charge on any atom is 0.324 e. The van der Waals surface area contributed by atoms with E-state index in [0.717, 1.165) is 25.2 Å². The molecule has 0 unspecified atom stereocenters. The summed E-state index contributed by atoms with van der Waals surface area (Å²) in [4.78, 5) is 16.2. The Morgan fingerprint density at radius 1 is 1.35 bits per heavy atom. The van der Waals surface area contributed by atoms with Crippen LogP contribution in [0.5, 0.6) is 0 Å². The predicted octanol–water partition coefficient (Wildman–Crippen LogP) is 2.90. The van der Waals surface area contributed by atoms with Crippen molar-refractivity contribution in [1.29, 1.82) is 0 Å². The molecule has 3 nitrogen and oxygen atoms in total. The lowest BCUT2D eigenvalue weighted by Crippen LogP contribution is -2.45. The quantitative estimate of drug-likeness (QED) is 0.769. The number of carbonyl (C=O) groups is 1. The molecule has 0 aliphatic carbocycles. The van der Waals surface area contributed by atoms with Crippen molar-refractivity contribution in [1.82, 2.24) is 4.90 Å². The highest BCUT2D eigenvalue weighted by Gasteiger charge is 2.32. The van der Waals surface area contributed by atoms with Gasteiger partial charge in [0.05, 0.1) is 0 Å². The molecule has 1 aromatic rings. The van der Waals surface area contributed by atoms with E-state index in [1.807, 2.05) is 41.8 Å². The van der Waals surface area contributed by atoms with Crippen molar-refractivity contribution < 1.29 is 4.79 Å². The Labute approximate surface area is 103 Å². The summed E-state index contributed by atoms with van der Waals surface area (Å²) >= 11 is 0. The van der Waals surface area contributed by atoms with Gasteiger partial charge in [-0.3, -0.25) is 4.90 Å². The molecule has 1 atom stereocenters. The lowest BCUT2D eigenvalue weighted by Gasteiger charge is -2.29. The van der Waals surface area contributed by atoms with Crippen LogP contribution < -0.4 is 4.90 Å². The molecule has 1 aliphatic heterocycles. The second-order valence-electron chi connectivity index (χ2n) is 4.51. The van der Waals surface area contributed by atoms with E-state index in [1.165, 1.54) is 5.56 Å². The van der Waals surface area contributed by atoms with E-state index in [1.54, 1.807) is 0 Å². The van der Waals surface area contributed by atoms with E-state index in [-0.39, 0.29) is 12.1 Å². The summed E-state index contributed by atoms with van der Waals surface area (Å²) in [6.07, 6.45) is 0.961. The van der Waals surface area contributed by atoms with Gasteiger partial charge in [0.25, 0.3) is 0 Å². The number of anilines is 1. The molecule has 0 fully saturated rings. The first-order valence-electron chi connectivity index (χ1n) is 6.35. The van der Waals surface area contributed by atoms with Crippen LogP contribution in [-0.2, 0) is 6.42 Å². The number of urea groups is 1. The third-order valence-electron chi connectivity index (χ3n) is 3.45. The van der Waals surface area contributed by atoms with Gasteiger partial charge in [-0.15, -0.1) is 0 Å². The molecule has 92 valence electrons. The Morgan fingerprint density at radius 2 is 2.00 bits per heavy atom. The molecule has 1 heterocycles. The topological polar surface area (TPSA) is 23.6 Å². The minimum Gasteiger partial charge on any atom is -0.325 e. The SMILES string of the molecule is CCN(CC)C(=O)N1c2ccccc2C[C@@H]1C. The Morgan fingerprint density at radius 3 is 2.65 bits per heavy atom. The minimum atomic E-state index is 0.132. The highest BCUT2D eigenvalue weighted by atomic mass is 16.2. The first-order valence-corrected chi connectivity index (χ1v) is 6.35. The molecule has 2 amide bonds. The molecule has 1 aliphatic rings. The van der Waals surface area contributed by atoms with Crippen molar-refractivity contribution in [3.05, 3.63) is 29.8 Å². The Balaban J connectivity index is 2.30. The van der Waals surface area contributed by atoms with Crippen LogP contribution in [0, 0.1) is 0 Å². The number of carbonyl (C=O) groups excluding carboxylic acids is 1. The maximum atomic E-state index is 12.4. The molecule has 2 rings (SSSR count). The van der Waals surface area contributed by atoms with Gasteiger partial charge < -0.3 is 4.90 Å². The van der Waals surface area contributed by atoms with Gasteiger partial charge in [-0.1, -0.05) is 18.2 Å². The van der Waals surface area contributed by atoms with Crippen LogP contribution in [0.2, 0.25) is 0 Å². The Kier molecular flexibility index (Phi) is 3.36. The summed E-state index contributed by atoms with van der Waals surface area (Å²) in [5, 5.41) is 0. The molecule has 1 aromatic carbocycles. The average Bonchev–Trinajstić information content (AvgIpc) is 2.66. The van der Waals surface area contributed by atoms with Crippen molar-refractivity contribution in [3.8, 4) is 0 Å². The monoisotopic (exact) mass is 232 g/mol. The molecular formula is C14H20N2O. The summed E-state index contributed by atoms with van der Waals surface area (Å²) < 4.78 is 0. The molecule has 0 aromatic heterocycles. The van der Waals surface area contributed by atoms with E-state index < -0.39 is 0 Å². The number of hydrogen-bond donors (Lipinski definition) is 0. The van der Waals surface area contributed by atoms with Crippen molar-refractivity contribution in [2.75, 3.05) is 18.0 Å². The summed E-state index contributed by atoms with van der Waals surface area (Å²) in [6.45, 7) is 7.69. The average molecular weight is 232 g/mol. The molecule has 0 bridgehead atoms. The fourth-order valence-electron chi connectivity index (χ4n) is 2.50. The second-order valence-corrected chi connectivity index (χ2v) is 4.51. The summed E-state index contributed by atoms with van der Waals surface area (Å²) in [6, 6.07) is 8.59.